The van der Waals surface area contributed by atoms with Crippen molar-refractivity contribution in [2.45, 2.75) is 13.3 Å². The summed E-state index contributed by atoms with van der Waals surface area (Å²) in [5.41, 5.74) is 0. The van der Waals surface area contributed by atoms with E-state index in [0.29, 0.717) is 18.4 Å². The number of hydrogen-bond donors (Lipinski definition) is 0. The lowest BCUT2D eigenvalue weighted by Gasteiger charge is -2.19. The molecule has 1 rings (SSSR count). The van der Waals surface area contributed by atoms with Gasteiger partial charge in [0.15, 0.2) is 0 Å². The summed E-state index contributed by atoms with van der Waals surface area (Å²) >= 11 is 3.31. The van der Waals surface area contributed by atoms with E-state index in [1.54, 1.807) is 13.3 Å². The van der Waals surface area contributed by atoms with Crippen molar-refractivity contribution >= 4 is 21.9 Å². The van der Waals surface area contributed by atoms with E-state index in [1.807, 2.05) is 4.90 Å². The van der Waals surface area contributed by atoms with Gasteiger partial charge in [-0.3, -0.25) is 0 Å². The van der Waals surface area contributed by atoms with Gasteiger partial charge in [-0.25, -0.2) is 4.98 Å². The molecule has 5 heteroatoms. The Bertz CT molecular complexity index is 389. The maximum atomic E-state index is 5.31. The van der Waals surface area contributed by atoms with E-state index in [2.05, 4.69) is 38.7 Å². The molecule has 16 heavy (non-hydrogen) atoms. The van der Waals surface area contributed by atoms with Crippen LogP contribution in [0.5, 0.6) is 5.88 Å². The van der Waals surface area contributed by atoms with Gasteiger partial charge in [-0.05, 0) is 22.4 Å². The number of terminal acetylenes is 1. The molecule has 0 aliphatic heterocycles. The standard InChI is InChI=1S/C11H14BrN3O/c1-4-6-15(7-5-2)11-13-8-9(12)10(14-11)16-3/h1,8H,5-7H2,2-3H3. The number of nitrogens with zero attached hydrogens (tertiary/aromatic N) is 3. The average Bonchev–Trinajstić information content (AvgIpc) is 2.29. The van der Waals surface area contributed by atoms with Crippen molar-refractivity contribution in [3.63, 3.8) is 0 Å². The molecule has 0 bridgehead atoms. The molecule has 1 heterocycles. The molecule has 0 radical (unpaired) electrons. The number of rotatable bonds is 5. The van der Waals surface area contributed by atoms with Crippen LogP contribution in [0.3, 0.4) is 0 Å². The fourth-order valence-corrected chi connectivity index (χ4v) is 1.62. The summed E-state index contributed by atoms with van der Waals surface area (Å²) in [7, 11) is 1.57. The van der Waals surface area contributed by atoms with E-state index < -0.39 is 0 Å². The van der Waals surface area contributed by atoms with Crippen molar-refractivity contribution < 1.29 is 4.74 Å². The highest BCUT2D eigenvalue weighted by Crippen LogP contribution is 2.23. The van der Waals surface area contributed by atoms with Crippen LogP contribution in [0, 0.1) is 12.3 Å². The van der Waals surface area contributed by atoms with Crippen molar-refractivity contribution in [2.24, 2.45) is 0 Å². The lowest BCUT2D eigenvalue weighted by Crippen LogP contribution is -2.26. The van der Waals surface area contributed by atoms with Crippen LogP contribution in [-0.2, 0) is 0 Å². The van der Waals surface area contributed by atoms with Crippen LogP contribution in [0.25, 0.3) is 0 Å². The van der Waals surface area contributed by atoms with Crippen molar-refractivity contribution in [1.29, 1.82) is 0 Å². The van der Waals surface area contributed by atoms with Crippen molar-refractivity contribution in [2.75, 3.05) is 25.1 Å². The Labute approximate surface area is 104 Å². The van der Waals surface area contributed by atoms with E-state index in [-0.39, 0.29) is 0 Å². The quantitative estimate of drug-likeness (QED) is 0.776. The zero-order valence-electron chi connectivity index (χ0n) is 9.40. The molecule has 0 fully saturated rings. The second-order valence-corrected chi connectivity index (χ2v) is 4.01. The van der Waals surface area contributed by atoms with E-state index in [9.17, 15) is 0 Å². The maximum absolute atomic E-state index is 5.31. The molecule has 0 amide bonds. The predicted octanol–water partition coefficient (Wildman–Crippen LogP) is 2.10. The first-order valence-electron chi connectivity index (χ1n) is 4.97. The molecule has 0 aliphatic carbocycles. The molecule has 0 saturated carbocycles. The summed E-state index contributed by atoms with van der Waals surface area (Å²) in [6, 6.07) is 0. The summed E-state index contributed by atoms with van der Waals surface area (Å²) in [6.07, 6.45) is 7.97. The number of aromatic nitrogens is 2. The molecule has 0 saturated heterocycles. The van der Waals surface area contributed by atoms with E-state index >= 15 is 0 Å². The molecule has 1 aromatic rings. The van der Waals surface area contributed by atoms with Gasteiger partial charge >= 0.3 is 0 Å². The molecular formula is C11H14BrN3O. The molecule has 86 valence electrons. The van der Waals surface area contributed by atoms with Crippen molar-refractivity contribution in [3.05, 3.63) is 10.7 Å². The van der Waals surface area contributed by atoms with E-state index in [0.717, 1.165) is 17.4 Å². The van der Waals surface area contributed by atoms with Crippen molar-refractivity contribution in [1.82, 2.24) is 9.97 Å². The van der Waals surface area contributed by atoms with Crippen LogP contribution in [-0.4, -0.2) is 30.2 Å². The van der Waals surface area contributed by atoms with Crippen LogP contribution in [0.15, 0.2) is 10.7 Å². The maximum Gasteiger partial charge on any atom is 0.232 e. The van der Waals surface area contributed by atoms with E-state index in [4.69, 9.17) is 11.2 Å². The summed E-state index contributed by atoms with van der Waals surface area (Å²) in [5, 5.41) is 0. The van der Waals surface area contributed by atoms with Gasteiger partial charge in [0, 0.05) is 6.54 Å². The number of ether oxygens (including phenoxy) is 1. The SMILES string of the molecule is C#CCN(CCC)c1ncc(Br)c(OC)n1. The van der Waals surface area contributed by atoms with Crippen LogP contribution in [0.2, 0.25) is 0 Å². The normalized spacial score (nSPS) is 9.62. The first-order chi connectivity index (χ1) is 7.72. The van der Waals surface area contributed by atoms with E-state index in [1.165, 1.54) is 0 Å². The van der Waals surface area contributed by atoms with Crippen molar-refractivity contribution in [3.8, 4) is 18.2 Å². The van der Waals surface area contributed by atoms with Crippen LogP contribution >= 0.6 is 15.9 Å². The Hall–Kier alpha value is -1.28. The molecule has 0 unspecified atom stereocenters. The highest BCUT2D eigenvalue weighted by molar-refractivity contribution is 9.10. The van der Waals surface area contributed by atoms with Gasteiger partial charge in [0.05, 0.1) is 24.3 Å². The van der Waals surface area contributed by atoms with Gasteiger partial charge in [-0.1, -0.05) is 12.8 Å². The Balaban J connectivity index is 2.96. The van der Waals surface area contributed by atoms with Gasteiger partial charge in [0.2, 0.25) is 11.8 Å². The Morgan fingerprint density at radius 2 is 2.38 bits per heavy atom. The summed E-state index contributed by atoms with van der Waals surface area (Å²) in [4.78, 5) is 10.4. The number of anilines is 1. The smallest absolute Gasteiger partial charge is 0.232 e. The fraction of sp³-hybridized carbons (Fsp3) is 0.455. The second kappa shape index (κ2) is 6.33. The number of methoxy groups -OCH3 is 1. The van der Waals surface area contributed by atoms with Crippen LogP contribution in [0.4, 0.5) is 5.95 Å². The topological polar surface area (TPSA) is 38.2 Å². The molecular weight excluding hydrogens is 270 g/mol. The molecule has 1 aromatic heterocycles. The highest BCUT2D eigenvalue weighted by Gasteiger charge is 2.10. The lowest BCUT2D eigenvalue weighted by atomic mass is 10.4. The largest absolute Gasteiger partial charge is 0.480 e. The third kappa shape index (κ3) is 3.11. The third-order valence-corrected chi connectivity index (χ3v) is 2.50. The van der Waals surface area contributed by atoms with Gasteiger partial charge < -0.3 is 9.64 Å². The molecule has 0 spiro atoms. The van der Waals surface area contributed by atoms with Crippen LogP contribution in [0.1, 0.15) is 13.3 Å². The fourth-order valence-electron chi connectivity index (χ4n) is 1.27. The summed E-state index contributed by atoms with van der Waals surface area (Å²) in [6.45, 7) is 3.41. The number of halogens is 1. The minimum atomic E-state index is 0.499. The first-order valence-corrected chi connectivity index (χ1v) is 5.77. The molecule has 4 nitrogen and oxygen atoms in total. The van der Waals surface area contributed by atoms with Gasteiger partial charge in [0.1, 0.15) is 0 Å². The predicted molar refractivity (Wildman–Crippen MR) is 67.6 cm³/mol. The summed E-state index contributed by atoms with van der Waals surface area (Å²) in [5.74, 6) is 3.71. The van der Waals surface area contributed by atoms with Gasteiger partial charge in [0.25, 0.3) is 0 Å². The van der Waals surface area contributed by atoms with Gasteiger partial charge in [-0.2, -0.15) is 4.98 Å². The Morgan fingerprint density at radius 1 is 1.62 bits per heavy atom. The highest BCUT2D eigenvalue weighted by atomic mass is 79.9. The van der Waals surface area contributed by atoms with Gasteiger partial charge in [-0.15, -0.1) is 6.42 Å². The second-order valence-electron chi connectivity index (χ2n) is 3.15. The Kier molecular flexibility index (Phi) is 5.06. The minimum Gasteiger partial charge on any atom is -0.480 e. The molecule has 0 N–H and O–H groups in total. The monoisotopic (exact) mass is 283 g/mol. The zero-order valence-corrected chi connectivity index (χ0v) is 11.0. The third-order valence-electron chi connectivity index (χ3n) is 1.95. The minimum absolute atomic E-state index is 0.499. The zero-order chi connectivity index (χ0) is 12.0. The van der Waals surface area contributed by atoms with Crippen LogP contribution < -0.4 is 9.64 Å². The first kappa shape index (κ1) is 12.8. The molecule has 0 aliphatic rings. The number of hydrogen-bond acceptors (Lipinski definition) is 4. The molecule has 0 aromatic carbocycles. The summed E-state index contributed by atoms with van der Waals surface area (Å²) < 4.78 is 5.85. The lowest BCUT2D eigenvalue weighted by molar-refractivity contribution is 0.394. The Morgan fingerprint density at radius 3 is 2.94 bits per heavy atom. The average molecular weight is 284 g/mol. The molecule has 0 atom stereocenters.